The van der Waals surface area contributed by atoms with Gasteiger partial charge < -0.3 is 10.2 Å². The van der Waals surface area contributed by atoms with Gasteiger partial charge in [-0.2, -0.15) is 13.2 Å². The van der Waals surface area contributed by atoms with Gasteiger partial charge >= 0.3 is 6.18 Å². The van der Waals surface area contributed by atoms with Gasteiger partial charge in [-0.05, 0) is 19.4 Å². The van der Waals surface area contributed by atoms with Crippen molar-refractivity contribution in [3.63, 3.8) is 0 Å². The Kier molecular flexibility index (Phi) is 4.06. The summed E-state index contributed by atoms with van der Waals surface area (Å²) in [7, 11) is 0. The molecule has 1 aliphatic heterocycles. The number of hydrogen-bond acceptors (Lipinski definition) is 5. The van der Waals surface area contributed by atoms with Crippen LogP contribution in [0, 0.1) is 0 Å². The van der Waals surface area contributed by atoms with Gasteiger partial charge in [-0.25, -0.2) is 0 Å². The second-order valence-corrected chi connectivity index (χ2v) is 5.14. The molecule has 1 N–H and O–H groups in total. The van der Waals surface area contributed by atoms with Crippen LogP contribution >= 0.6 is 11.3 Å². The van der Waals surface area contributed by atoms with Crippen molar-refractivity contribution >= 4 is 16.5 Å². The maximum Gasteiger partial charge on any atom is 0.445 e. The Bertz CT molecular complexity index is 393. The molecule has 8 heteroatoms. The summed E-state index contributed by atoms with van der Waals surface area (Å²) in [6, 6.07) is 0.221. The number of aromatic nitrogens is 2. The first kappa shape index (κ1) is 13.5. The van der Waals surface area contributed by atoms with E-state index in [4.69, 9.17) is 0 Å². The molecule has 0 aromatic carbocycles. The van der Waals surface area contributed by atoms with Gasteiger partial charge in [0.25, 0.3) is 0 Å². The number of rotatable bonds is 4. The SMILES string of the molecule is CCNCC1CCCN1c1nnc(C(F)(F)F)s1. The third-order valence-electron chi connectivity index (χ3n) is 2.91. The van der Waals surface area contributed by atoms with Crippen LogP contribution in [0.1, 0.15) is 24.8 Å². The molecule has 1 saturated heterocycles. The van der Waals surface area contributed by atoms with Crippen LogP contribution in [0.25, 0.3) is 0 Å². The summed E-state index contributed by atoms with van der Waals surface area (Å²) in [5, 5.41) is 9.63. The van der Waals surface area contributed by atoms with Crippen molar-refractivity contribution in [2.24, 2.45) is 0 Å². The van der Waals surface area contributed by atoms with Crippen LogP contribution in [0.3, 0.4) is 0 Å². The number of alkyl halides is 3. The molecule has 0 amide bonds. The molecule has 102 valence electrons. The van der Waals surface area contributed by atoms with E-state index < -0.39 is 11.2 Å². The minimum atomic E-state index is -4.40. The Morgan fingerprint density at radius 3 is 2.83 bits per heavy atom. The van der Waals surface area contributed by atoms with E-state index in [-0.39, 0.29) is 6.04 Å². The summed E-state index contributed by atoms with van der Waals surface area (Å²) >= 11 is 0.625. The zero-order valence-electron chi connectivity index (χ0n) is 10.00. The smallest absolute Gasteiger partial charge is 0.342 e. The number of nitrogens with zero attached hydrogens (tertiary/aromatic N) is 3. The maximum absolute atomic E-state index is 12.5. The van der Waals surface area contributed by atoms with Crippen molar-refractivity contribution in [1.82, 2.24) is 15.5 Å². The standard InChI is InChI=1S/C10H15F3N4S/c1-2-14-6-7-4-3-5-17(7)9-16-15-8(18-9)10(11,12)13/h7,14H,2-6H2,1H3. The van der Waals surface area contributed by atoms with Crippen LogP contribution in [0.15, 0.2) is 0 Å². The molecular formula is C10H15F3N4S. The first-order valence-corrected chi connectivity index (χ1v) is 6.72. The molecule has 1 atom stereocenters. The van der Waals surface area contributed by atoms with Crippen molar-refractivity contribution < 1.29 is 13.2 Å². The summed E-state index contributed by atoms with van der Waals surface area (Å²) in [5.74, 6) is 0. The lowest BCUT2D eigenvalue weighted by Gasteiger charge is -2.23. The van der Waals surface area contributed by atoms with Crippen LogP contribution in [0.2, 0.25) is 0 Å². The highest BCUT2D eigenvalue weighted by Crippen LogP contribution is 2.36. The van der Waals surface area contributed by atoms with Gasteiger partial charge in [-0.15, -0.1) is 10.2 Å². The first-order chi connectivity index (χ1) is 8.52. The highest BCUT2D eigenvalue weighted by molar-refractivity contribution is 7.15. The van der Waals surface area contributed by atoms with Crippen LogP contribution in [0.4, 0.5) is 18.3 Å². The summed E-state index contributed by atoms with van der Waals surface area (Å²) in [5.41, 5.74) is 0. The van der Waals surface area contributed by atoms with Crippen molar-refractivity contribution in [3.05, 3.63) is 5.01 Å². The van der Waals surface area contributed by atoms with E-state index >= 15 is 0 Å². The molecule has 1 fully saturated rings. The van der Waals surface area contributed by atoms with Crippen LogP contribution < -0.4 is 10.2 Å². The Hall–Kier alpha value is -0.890. The average Bonchev–Trinajstić information content (AvgIpc) is 2.93. The van der Waals surface area contributed by atoms with Gasteiger partial charge in [0, 0.05) is 19.1 Å². The fourth-order valence-electron chi connectivity index (χ4n) is 2.06. The van der Waals surface area contributed by atoms with Crippen molar-refractivity contribution in [2.45, 2.75) is 32.0 Å². The van der Waals surface area contributed by atoms with Crippen LogP contribution in [-0.2, 0) is 6.18 Å². The number of hydrogen-bond donors (Lipinski definition) is 1. The second-order valence-electron chi connectivity index (χ2n) is 4.18. The Labute approximate surface area is 107 Å². The van der Waals surface area contributed by atoms with E-state index in [0.29, 0.717) is 16.5 Å². The molecule has 0 radical (unpaired) electrons. The monoisotopic (exact) mass is 280 g/mol. The van der Waals surface area contributed by atoms with Crippen molar-refractivity contribution in [1.29, 1.82) is 0 Å². The zero-order chi connectivity index (χ0) is 13.2. The van der Waals surface area contributed by atoms with Gasteiger partial charge in [0.2, 0.25) is 10.1 Å². The lowest BCUT2D eigenvalue weighted by Crippen LogP contribution is -2.37. The lowest BCUT2D eigenvalue weighted by atomic mass is 10.2. The molecule has 4 nitrogen and oxygen atoms in total. The predicted octanol–water partition coefficient (Wildman–Crippen LogP) is 2.14. The minimum Gasteiger partial charge on any atom is -0.342 e. The molecule has 18 heavy (non-hydrogen) atoms. The third-order valence-corrected chi connectivity index (χ3v) is 3.91. The topological polar surface area (TPSA) is 41.0 Å². The lowest BCUT2D eigenvalue weighted by molar-refractivity contribution is -0.138. The summed E-state index contributed by atoms with van der Waals surface area (Å²) in [4.78, 5) is 1.93. The van der Waals surface area contributed by atoms with E-state index in [1.807, 2.05) is 11.8 Å². The van der Waals surface area contributed by atoms with Gasteiger partial charge in [-0.3, -0.25) is 0 Å². The molecule has 0 saturated carbocycles. The molecule has 1 aromatic heterocycles. The number of halogens is 3. The summed E-state index contributed by atoms with van der Waals surface area (Å²) < 4.78 is 37.4. The quantitative estimate of drug-likeness (QED) is 0.917. The van der Waals surface area contributed by atoms with E-state index in [2.05, 4.69) is 15.5 Å². The van der Waals surface area contributed by atoms with Gasteiger partial charge in [-0.1, -0.05) is 18.3 Å². The minimum absolute atomic E-state index is 0.221. The van der Waals surface area contributed by atoms with Gasteiger partial charge in [0.05, 0.1) is 0 Å². The molecule has 0 aliphatic carbocycles. The molecule has 2 heterocycles. The molecule has 0 bridgehead atoms. The summed E-state index contributed by atoms with van der Waals surface area (Å²) in [6.07, 6.45) is -2.43. The fraction of sp³-hybridized carbons (Fsp3) is 0.800. The Morgan fingerprint density at radius 1 is 1.44 bits per heavy atom. The molecule has 1 unspecified atom stereocenters. The van der Waals surface area contributed by atoms with Crippen LogP contribution in [0.5, 0.6) is 0 Å². The third kappa shape index (κ3) is 2.92. The van der Waals surface area contributed by atoms with Gasteiger partial charge in [0.15, 0.2) is 0 Å². The van der Waals surface area contributed by atoms with Crippen molar-refractivity contribution in [3.8, 4) is 0 Å². The largest absolute Gasteiger partial charge is 0.445 e. The number of anilines is 1. The van der Waals surface area contributed by atoms with E-state index in [0.717, 1.165) is 32.5 Å². The predicted molar refractivity (Wildman–Crippen MR) is 63.8 cm³/mol. The first-order valence-electron chi connectivity index (χ1n) is 5.90. The highest BCUT2D eigenvalue weighted by Gasteiger charge is 2.37. The molecule has 0 spiro atoms. The molecular weight excluding hydrogens is 265 g/mol. The van der Waals surface area contributed by atoms with E-state index in [1.165, 1.54) is 0 Å². The van der Waals surface area contributed by atoms with E-state index in [9.17, 15) is 13.2 Å². The normalized spacial score (nSPS) is 20.7. The zero-order valence-corrected chi connectivity index (χ0v) is 10.8. The molecule has 2 rings (SSSR count). The highest BCUT2D eigenvalue weighted by atomic mass is 32.1. The van der Waals surface area contributed by atoms with Gasteiger partial charge in [0.1, 0.15) is 0 Å². The van der Waals surface area contributed by atoms with E-state index in [1.54, 1.807) is 0 Å². The number of likely N-dealkylation sites (N-methyl/N-ethyl adjacent to an activating group) is 1. The average molecular weight is 280 g/mol. The Morgan fingerprint density at radius 2 is 2.22 bits per heavy atom. The summed E-state index contributed by atoms with van der Waals surface area (Å²) in [6.45, 7) is 4.39. The number of nitrogens with one attached hydrogen (secondary N) is 1. The molecule has 1 aliphatic rings. The Balaban J connectivity index is 2.08. The molecule has 1 aromatic rings. The second kappa shape index (κ2) is 5.40. The fourth-order valence-corrected chi connectivity index (χ4v) is 2.87. The van der Waals surface area contributed by atoms with Crippen molar-refractivity contribution in [2.75, 3.05) is 24.5 Å². The maximum atomic E-state index is 12.5. The van der Waals surface area contributed by atoms with Crippen LogP contribution in [-0.4, -0.2) is 35.9 Å².